The highest BCUT2D eigenvalue weighted by atomic mass is 19.1. The summed E-state index contributed by atoms with van der Waals surface area (Å²) in [6.45, 7) is 3.34. The Kier molecular flexibility index (Phi) is 5.77. The summed E-state index contributed by atoms with van der Waals surface area (Å²) in [5.41, 5.74) is 1.42. The van der Waals surface area contributed by atoms with Gasteiger partial charge in [-0.25, -0.2) is 14.4 Å². The highest BCUT2D eigenvalue weighted by Crippen LogP contribution is 2.23. The van der Waals surface area contributed by atoms with Crippen molar-refractivity contribution in [1.29, 1.82) is 0 Å². The molecule has 0 saturated carbocycles. The quantitative estimate of drug-likeness (QED) is 0.564. The Morgan fingerprint density at radius 2 is 1.80 bits per heavy atom. The number of benzene rings is 2. The van der Waals surface area contributed by atoms with E-state index in [1.807, 2.05) is 24.3 Å². The molecule has 0 radical (unpaired) electrons. The third-order valence-electron chi connectivity index (χ3n) is 3.90. The highest BCUT2D eigenvalue weighted by Gasteiger charge is 2.08. The number of aromatic nitrogens is 2. The van der Waals surface area contributed by atoms with Gasteiger partial charge in [-0.1, -0.05) is 31.5 Å². The third kappa shape index (κ3) is 4.44. The molecule has 130 valence electrons. The molecule has 0 unspecified atom stereocenters. The zero-order valence-corrected chi connectivity index (χ0v) is 14.2. The van der Waals surface area contributed by atoms with Crippen molar-refractivity contribution in [3.05, 3.63) is 60.2 Å². The van der Waals surface area contributed by atoms with Gasteiger partial charge in [0.25, 0.3) is 0 Å². The second-order valence-corrected chi connectivity index (χ2v) is 5.76. The molecule has 0 aliphatic heterocycles. The van der Waals surface area contributed by atoms with Gasteiger partial charge in [-0.2, -0.15) is 0 Å². The van der Waals surface area contributed by atoms with Gasteiger partial charge in [-0.15, -0.1) is 0 Å². The minimum atomic E-state index is -0.372. The van der Waals surface area contributed by atoms with Gasteiger partial charge in [0.2, 0.25) is 5.88 Å². The first kappa shape index (κ1) is 17.1. The molecule has 0 bridgehead atoms. The van der Waals surface area contributed by atoms with Crippen LogP contribution in [0.4, 0.5) is 4.39 Å². The third-order valence-corrected chi connectivity index (χ3v) is 3.90. The summed E-state index contributed by atoms with van der Waals surface area (Å²) in [4.78, 5) is 8.08. The molecule has 5 heteroatoms. The number of hydrogen-bond acceptors (Lipinski definition) is 4. The lowest BCUT2D eigenvalue weighted by Crippen LogP contribution is -2.04. The van der Waals surface area contributed by atoms with E-state index >= 15 is 0 Å². The molecule has 0 aliphatic carbocycles. The van der Waals surface area contributed by atoms with Crippen molar-refractivity contribution in [1.82, 2.24) is 9.97 Å². The monoisotopic (exact) mass is 340 g/mol. The second kappa shape index (κ2) is 8.42. The molecule has 2 aromatic carbocycles. The minimum absolute atomic E-state index is 0.279. The topological polar surface area (TPSA) is 44.2 Å². The van der Waals surface area contributed by atoms with Gasteiger partial charge in [-0.05, 0) is 36.2 Å². The van der Waals surface area contributed by atoms with Crippen LogP contribution in [-0.4, -0.2) is 23.2 Å². The molecule has 0 fully saturated rings. The molecular formula is C20H21FN2O2. The van der Waals surface area contributed by atoms with Crippen LogP contribution in [0.15, 0.2) is 48.8 Å². The molecule has 4 nitrogen and oxygen atoms in total. The van der Waals surface area contributed by atoms with E-state index in [2.05, 4.69) is 16.9 Å². The van der Waals surface area contributed by atoms with Crippen LogP contribution in [0, 0.1) is 5.82 Å². The van der Waals surface area contributed by atoms with Crippen LogP contribution in [0.5, 0.6) is 11.6 Å². The number of hydrogen-bond donors (Lipinski definition) is 0. The van der Waals surface area contributed by atoms with Crippen LogP contribution in [0.25, 0.3) is 10.9 Å². The molecule has 25 heavy (non-hydrogen) atoms. The van der Waals surface area contributed by atoms with E-state index in [4.69, 9.17) is 9.47 Å². The van der Waals surface area contributed by atoms with Crippen molar-refractivity contribution in [2.75, 3.05) is 13.2 Å². The lowest BCUT2D eigenvalue weighted by Gasteiger charge is -2.09. The lowest BCUT2D eigenvalue weighted by atomic mass is 10.1. The van der Waals surface area contributed by atoms with E-state index in [0.717, 1.165) is 37.2 Å². The van der Waals surface area contributed by atoms with Crippen LogP contribution in [-0.2, 0) is 6.42 Å². The maximum absolute atomic E-state index is 13.7. The number of para-hydroxylation sites is 1. The van der Waals surface area contributed by atoms with E-state index in [1.54, 1.807) is 12.1 Å². The lowest BCUT2D eigenvalue weighted by molar-refractivity contribution is 0.307. The highest BCUT2D eigenvalue weighted by molar-refractivity contribution is 5.83. The van der Waals surface area contributed by atoms with Gasteiger partial charge < -0.3 is 9.47 Å². The Balaban J connectivity index is 1.57. The van der Waals surface area contributed by atoms with Crippen LogP contribution >= 0.6 is 0 Å². The summed E-state index contributed by atoms with van der Waals surface area (Å²) in [5.74, 6) is 0.919. The summed E-state index contributed by atoms with van der Waals surface area (Å²) in [7, 11) is 0. The smallest absolute Gasteiger partial charge is 0.224 e. The van der Waals surface area contributed by atoms with Gasteiger partial charge >= 0.3 is 0 Å². The molecule has 0 spiro atoms. The van der Waals surface area contributed by atoms with E-state index in [0.29, 0.717) is 17.9 Å². The molecule has 1 aromatic heterocycles. The van der Waals surface area contributed by atoms with Crippen molar-refractivity contribution in [2.24, 2.45) is 0 Å². The Hall–Kier alpha value is -2.69. The van der Waals surface area contributed by atoms with Crippen molar-refractivity contribution >= 4 is 10.9 Å². The summed E-state index contributed by atoms with van der Waals surface area (Å²) < 4.78 is 25.1. The molecule has 0 atom stereocenters. The Morgan fingerprint density at radius 1 is 0.960 bits per heavy atom. The summed E-state index contributed by atoms with van der Waals surface area (Å²) >= 11 is 0. The fourth-order valence-corrected chi connectivity index (χ4v) is 2.49. The number of ether oxygens (including phenoxy) is 2. The molecule has 3 aromatic rings. The average molecular weight is 340 g/mol. The largest absolute Gasteiger partial charge is 0.494 e. The van der Waals surface area contributed by atoms with E-state index in [-0.39, 0.29) is 11.3 Å². The molecule has 3 rings (SSSR count). The molecule has 1 heterocycles. The minimum Gasteiger partial charge on any atom is -0.494 e. The Morgan fingerprint density at radius 3 is 2.60 bits per heavy atom. The number of halogens is 1. The molecule has 0 aliphatic rings. The van der Waals surface area contributed by atoms with E-state index < -0.39 is 0 Å². The molecule has 0 amide bonds. The number of fused-ring (bicyclic) bond motifs is 1. The first-order chi connectivity index (χ1) is 12.3. The number of rotatable bonds is 8. The van der Waals surface area contributed by atoms with E-state index in [1.165, 1.54) is 12.4 Å². The zero-order valence-electron chi connectivity index (χ0n) is 14.2. The zero-order chi connectivity index (χ0) is 17.5. The van der Waals surface area contributed by atoms with Crippen molar-refractivity contribution < 1.29 is 13.9 Å². The van der Waals surface area contributed by atoms with Crippen LogP contribution < -0.4 is 9.47 Å². The SMILES string of the molecule is CCCCOc1ccc(CCOc2ncnc3c(F)cccc23)cc1. The van der Waals surface area contributed by atoms with Crippen LogP contribution in [0.2, 0.25) is 0 Å². The molecule has 0 saturated heterocycles. The summed E-state index contributed by atoms with van der Waals surface area (Å²) in [6.07, 6.45) is 4.24. The molecular weight excluding hydrogens is 319 g/mol. The first-order valence-corrected chi connectivity index (χ1v) is 8.51. The Bertz CT molecular complexity index is 822. The predicted octanol–water partition coefficient (Wildman–Crippen LogP) is 4.57. The van der Waals surface area contributed by atoms with Crippen LogP contribution in [0.1, 0.15) is 25.3 Å². The normalized spacial score (nSPS) is 10.8. The second-order valence-electron chi connectivity index (χ2n) is 5.76. The van der Waals surface area contributed by atoms with Gasteiger partial charge in [0, 0.05) is 6.42 Å². The van der Waals surface area contributed by atoms with Crippen molar-refractivity contribution in [2.45, 2.75) is 26.2 Å². The van der Waals surface area contributed by atoms with Crippen molar-refractivity contribution in [3.63, 3.8) is 0 Å². The molecule has 0 N–H and O–H groups in total. The van der Waals surface area contributed by atoms with Gasteiger partial charge in [0.05, 0.1) is 18.6 Å². The fraction of sp³-hybridized carbons (Fsp3) is 0.300. The maximum Gasteiger partial charge on any atom is 0.224 e. The summed E-state index contributed by atoms with van der Waals surface area (Å²) in [5, 5.41) is 0.585. The van der Waals surface area contributed by atoms with Crippen molar-refractivity contribution in [3.8, 4) is 11.6 Å². The van der Waals surface area contributed by atoms with Gasteiger partial charge in [-0.3, -0.25) is 0 Å². The van der Waals surface area contributed by atoms with Gasteiger partial charge in [0.15, 0.2) is 0 Å². The number of unbranched alkanes of at least 4 members (excludes halogenated alkanes) is 1. The maximum atomic E-state index is 13.7. The Labute approximate surface area is 146 Å². The van der Waals surface area contributed by atoms with E-state index in [9.17, 15) is 4.39 Å². The summed E-state index contributed by atoms with van der Waals surface area (Å²) in [6, 6.07) is 12.8. The predicted molar refractivity (Wildman–Crippen MR) is 95.5 cm³/mol. The average Bonchev–Trinajstić information content (AvgIpc) is 2.64. The van der Waals surface area contributed by atoms with Crippen LogP contribution in [0.3, 0.4) is 0 Å². The first-order valence-electron chi connectivity index (χ1n) is 8.51. The number of nitrogens with zero attached hydrogens (tertiary/aromatic N) is 2. The fourth-order valence-electron chi connectivity index (χ4n) is 2.49. The standard InChI is InChI=1S/C20H21FN2O2/c1-2-3-12-24-16-9-7-15(8-10-16)11-13-25-20-17-5-4-6-18(21)19(17)22-14-23-20/h4-10,14H,2-3,11-13H2,1H3. The van der Waals surface area contributed by atoms with Gasteiger partial charge in [0.1, 0.15) is 23.4 Å².